The average Bonchev–Trinajstić information content (AvgIpc) is 3.13. The maximum atomic E-state index is 13.1. The van der Waals surface area contributed by atoms with Gasteiger partial charge in [0.1, 0.15) is 4.88 Å². The highest BCUT2D eigenvalue weighted by atomic mass is 32.1. The minimum atomic E-state index is -0.515. The number of aromatic amines is 1. The van der Waals surface area contributed by atoms with E-state index in [2.05, 4.69) is 46.3 Å². The van der Waals surface area contributed by atoms with Gasteiger partial charge in [-0.2, -0.15) is 4.37 Å². The number of hydrogen-bond acceptors (Lipinski definition) is 6. The number of carbonyl (C=O) groups excluding carboxylic acids is 1. The van der Waals surface area contributed by atoms with Crippen molar-refractivity contribution >= 4 is 34.2 Å². The summed E-state index contributed by atoms with van der Waals surface area (Å²) in [5.74, 6) is -0.192. The van der Waals surface area contributed by atoms with Crippen molar-refractivity contribution in [3.63, 3.8) is 0 Å². The van der Waals surface area contributed by atoms with Gasteiger partial charge in [0.05, 0.1) is 5.52 Å². The molecule has 8 nitrogen and oxygen atoms in total. The molecule has 0 aliphatic carbocycles. The summed E-state index contributed by atoms with van der Waals surface area (Å²) in [6, 6.07) is 6.39. The fourth-order valence-corrected chi connectivity index (χ4v) is 4.53. The van der Waals surface area contributed by atoms with Crippen LogP contribution < -0.4 is 16.1 Å². The quantitative estimate of drug-likeness (QED) is 0.706. The molecule has 2 aromatic heterocycles. The van der Waals surface area contributed by atoms with Gasteiger partial charge in [-0.3, -0.25) is 14.2 Å². The first-order valence-corrected chi connectivity index (χ1v) is 10.4. The fraction of sp³-hybridized carbons (Fsp3) is 0.400. The number of anilines is 1. The fourth-order valence-electron chi connectivity index (χ4n) is 3.73. The smallest absolute Gasteiger partial charge is 0.328 e. The van der Waals surface area contributed by atoms with Crippen LogP contribution >= 0.6 is 11.5 Å². The first-order valence-electron chi connectivity index (χ1n) is 9.64. The molecule has 0 bridgehead atoms. The number of nitrogens with one attached hydrogen (secondary N) is 1. The monoisotopic (exact) mass is 413 g/mol. The van der Waals surface area contributed by atoms with Crippen molar-refractivity contribution in [3.8, 4) is 0 Å². The maximum Gasteiger partial charge on any atom is 0.328 e. The van der Waals surface area contributed by atoms with Gasteiger partial charge in [-0.15, -0.1) is 0 Å². The molecular formula is C20H23N5O3S. The zero-order chi connectivity index (χ0) is 20.7. The third-order valence-corrected chi connectivity index (χ3v) is 6.23. The second-order valence-electron chi connectivity index (χ2n) is 7.28. The van der Waals surface area contributed by atoms with E-state index in [1.807, 2.05) is 0 Å². The highest BCUT2D eigenvalue weighted by molar-refractivity contribution is 7.09. The molecule has 0 saturated carbocycles. The number of hydrogen-bond donors (Lipinski definition) is 1. The molecule has 9 heteroatoms. The minimum absolute atomic E-state index is 0.147. The molecule has 0 radical (unpaired) electrons. The van der Waals surface area contributed by atoms with Crippen LogP contribution in [-0.2, 0) is 6.54 Å². The maximum absolute atomic E-state index is 13.1. The number of aromatic nitrogens is 3. The zero-order valence-electron chi connectivity index (χ0n) is 16.7. The Labute approximate surface area is 171 Å². The highest BCUT2D eigenvalue weighted by Gasteiger charge is 2.27. The van der Waals surface area contributed by atoms with E-state index in [1.165, 1.54) is 16.8 Å². The lowest BCUT2D eigenvalue weighted by Crippen LogP contribution is -2.49. The number of H-pyrrole nitrogens is 1. The number of amides is 1. The molecule has 0 unspecified atom stereocenters. The minimum Gasteiger partial charge on any atom is -0.368 e. The second kappa shape index (κ2) is 7.47. The number of benzene rings is 1. The predicted molar refractivity (Wildman–Crippen MR) is 114 cm³/mol. The van der Waals surface area contributed by atoms with E-state index < -0.39 is 11.2 Å². The van der Waals surface area contributed by atoms with Gasteiger partial charge in [0.2, 0.25) is 0 Å². The molecule has 3 aromatic rings. The van der Waals surface area contributed by atoms with Crippen LogP contribution in [0, 0.1) is 13.8 Å². The van der Waals surface area contributed by atoms with Gasteiger partial charge < -0.3 is 14.8 Å². The van der Waals surface area contributed by atoms with E-state index >= 15 is 0 Å². The number of carbonyl (C=O) groups is 1. The van der Waals surface area contributed by atoms with Crippen LogP contribution in [0.2, 0.25) is 0 Å². The van der Waals surface area contributed by atoms with Crippen LogP contribution in [0.25, 0.3) is 11.0 Å². The summed E-state index contributed by atoms with van der Waals surface area (Å²) in [6.45, 7) is 8.74. The largest absolute Gasteiger partial charge is 0.368 e. The van der Waals surface area contributed by atoms with Crippen molar-refractivity contribution in [1.82, 2.24) is 18.8 Å². The summed E-state index contributed by atoms with van der Waals surface area (Å²) < 4.78 is 5.23. The van der Waals surface area contributed by atoms with E-state index in [0.29, 0.717) is 18.0 Å². The Bertz CT molecular complexity index is 1200. The van der Waals surface area contributed by atoms with E-state index in [0.717, 1.165) is 29.2 Å². The van der Waals surface area contributed by atoms with Crippen molar-refractivity contribution in [2.75, 3.05) is 31.1 Å². The summed E-state index contributed by atoms with van der Waals surface area (Å²) in [6.07, 6.45) is 0. The molecule has 1 fully saturated rings. The van der Waals surface area contributed by atoms with Crippen molar-refractivity contribution in [1.29, 1.82) is 0 Å². The van der Waals surface area contributed by atoms with Gasteiger partial charge >= 0.3 is 5.69 Å². The summed E-state index contributed by atoms with van der Waals surface area (Å²) in [5.41, 5.74) is 3.05. The van der Waals surface area contributed by atoms with Gasteiger partial charge in [0.25, 0.3) is 11.5 Å². The molecule has 3 heterocycles. The molecule has 0 spiro atoms. The van der Waals surface area contributed by atoms with Gasteiger partial charge in [-0.1, -0.05) is 12.1 Å². The van der Waals surface area contributed by atoms with Crippen molar-refractivity contribution in [2.24, 2.45) is 0 Å². The first kappa shape index (κ1) is 19.4. The number of rotatable bonds is 3. The Hall–Kier alpha value is -2.94. The van der Waals surface area contributed by atoms with Gasteiger partial charge in [0.15, 0.2) is 5.52 Å². The Morgan fingerprint density at radius 1 is 1.17 bits per heavy atom. The number of fused-ring (bicyclic) bond motifs is 1. The molecule has 152 valence electrons. The van der Waals surface area contributed by atoms with Crippen LogP contribution in [0.1, 0.15) is 27.7 Å². The average molecular weight is 414 g/mol. The standard InChI is InChI=1S/C20H23N5O3S/c1-4-25-18(26)16-15(21-20(25)28)17(29-22-16)19(27)24-9-7-23(8-10-24)14-11-12(2)5-6-13(14)3/h5-6,11H,4,7-10H2,1-3H3,(H,21,28). The van der Waals surface area contributed by atoms with Crippen molar-refractivity contribution in [2.45, 2.75) is 27.3 Å². The Morgan fingerprint density at radius 3 is 2.59 bits per heavy atom. The van der Waals surface area contributed by atoms with E-state index in [9.17, 15) is 14.4 Å². The summed E-state index contributed by atoms with van der Waals surface area (Å²) in [5, 5.41) is 0. The lowest BCUT2D eigenvalue weighted by molar-refractivity contribution is 0.0753. The van der Waals surface area contributed by atoms with Gasteiger partial charge in [-0.05, 0) is 49.5 Å². The predicted octanol–water partition coefficient (Wildman–Crippen LogP) is 1.75. The molecular weight excluding hydrogens is 390 g/mol. The first-order chi connectivity index (χ1) is 13.9. The molecule has 1 amide bonds. The van der Waals surface area contributed by atoms with E-state index in [-0.39, 0.29) is 23.5 Å². The van der Waals surface area contributed by atoms with Crippen LogP contribution in [0.5, 0.6) is 0 Å². The molecule has 1 aliphatic rings. The molecule has 1 saturated heterocycles. The Balaban J connectivity index is 1.57. The lowest BCUT2D eigenvalue weighted by atomic mass is 10.1. The van der Waals surface area contributed by atoms with Crippen LogP contribution in [-0.4, -0.2) is 50.9 Å². The summed E-state index contributed by atoms with van der Waals surface area (Å²) in [7, 11) is 0. The van der Waals surface area contributed by atoms with Crippen LogP contribution in [0.4, 0.5) is 5.69 Å². The molecule has 29 heavy (non-hydrogen) atoms. The Morgan fingerprint density at radius 2 is 1.90 bits per heavy atom. The molecule has 1 aliphatic heterocycles. The third-order valence-electron chi connectivity index (χ3n) is 5.40. The van der Waals surface area contributed by atoms with E-state index in [4.69, 9.17) is 0 Å². The number of aryl methyl sites for hydroxylation is 2. The highest BCUT2D eigenvalue weighted by Crippen LogP contribution is 2.24. The molecule has 4 rings (SSSR count). The third kappa shape index (κ3) is 3.35. The van der Waals surface area contributed by atoms with Crippen LogP contribution in [0.15, 0.2) is 27.8 Å². The second-order valence-corrected chi connectivity index (χ2v) is 8.06. The lowest BCUT2D eigenvalue weighted by Gasteiger charge is -2.36. The molecule has 0 atom stereocenters. The zero-order valence-corrected chi connectivity index (χ0v) is 17.5. The van der Waals surface area contributed by atoms with Gasteiger partial charge in [0, 0.05) is 38.4 Å². The Kier molecular flexibility index (Phi) is 4.99. The summed E-state index contributed by atoms with van der Waals surface area (Å²) in [4.78, 5) is 44.7. The topological polar surface area (TPSA) is 91.3 Å². The van der Waals surface area contributed by atoms with Crippen LogP contribution in [0.3, 0.4) is 0 Å². The molecule has 1 aromatic carbocycles. The summed E-state index contributed by atoms with van der Waals surface area (Å²) >= 11 is 0.970. The number of nitrogens with zero attached hydrogens (tertiary/aromatic N) is 4. The molecule has 1 N–H and O–H groups in total. The van der Waals surface area contributed by atoms with Crippen molar-refractivity contribution < 1.29 is 4.79 Å². The SMILES string of the molecule is CCn1c(=O)[nH]c2c(C(=O)N3CCN(c4cc(C)ccc4C)CC3)snc2c1=O. The number of piperazine rings is 1. The van der Waals surface area contributed by atoms with Gasteiger partial charge in [-0.25, -0.2) is 4.79 Å². The van der Waals surface area contributed by atoms with Crippen molar-refractivity contribution in [3.05, 3.63) is 55.0 Å². The normalized spacial score (nSPS) is 14.6. The van der Waals surface area contributed by atoms with E-state index in [1.54, 1.807) is 11.8 Å².